The first-order valence-corrected chi connectivity index (χ1v) is 7.80. The zero-order chi connectivity index (χ0) is 17.2. The van der Waals surface area contributed by atoms with Crippen LogP contribution < -0.4 is 10.4 Å². The van der Waals surface area contributed by atoms with Crippen LogP contribution >= 0.6 is 11.6 Å². The van der Waals surface area contributed by atoms with E-state index in [1.54, 1.807) is 36.4 Å². The highest BCUT2D eigenvalue weighted by Gasteiger charge is 2.10. The summed E-state index contributed by atoms with van der Waals surface area (Å²) in [5.41, 5.74) is 0.804. The van der Waals surface area contributed by atoms with Crippen LogP contribution in [0.25, 0.3) is 22.4 Å². The van der Waals surface area contributed by atoms with E-state index in [4.69, 9.17) is 25.3 Å². The van der Waals surface area contributed by atoms with Crippen LogP contribution in [0, 0.1) is 0 Å². The third-order valence-corrected chi connectivity index (χ3v) is 3.74. The molecular weight excluding hydrogens is 344 g/mol. The first-order chi connectivity index (χ1) is 12.2. The van der Waals surface area contributed by atoms with Crippen LogP contribution in [-0.2, 0) is 6.61 Å². The number of halogens is 1. The average Bonchev–Trinajstić information content (AvgIpc) is 3.08. The van der Waals surface area contributed by atoms with E-state index < -0.39 is 5.63 Å². The summed E-state index contributed by atoms with van der Waals surface area (Å²) in [5, 5.41) is 5.32. The summed E-state index contributed by atoms with van der Waals surface area (Å²) in [6.07, 6.45) is 0. The molecule has 0 radical (unpaired) electrons. The fourth-order valence-electron chi connectivity index (χ4n) is 2.33. The van der Waals surface area contributed by atoms with Crippen molar-refractivity contribution in [3.63, 3.8) is 0 Å². The quantitative estimate of drug-likeness (QED) is 0.514. The normalized spacial score (nSPS) is 10.9. The number of aromatic nitrogens is 2. The van der Waals surface area contributed by atoms with Crippen LogP contribution in [0.1, 0.15) is 5.89 Å². The average molecular weight is 355 g/mol. The van der Waals surface area contributed by atoms with Crippen molar-refractivity contribution in [3.05, 3.63) is 75.9 Å². The van der Waals surface area contributed by atoms with Gasteiger partial charge in [0.15, 0.2) is 6.61 Å². The molecule has 124 valence electrons. The second-order valence-corrected chi connectivity index (χ2v) is 5.70. The lowest BCUT2D eigenvalue weighted by Crippen LogP contribution is -1.97. The number of hydrogen-bond acceptors (Lipinski definition) is 6. The van der Waals surface area contributed by atoms with Gasteiger partial charge in [-0.15, -0.1) is 0 Å². The summed E-state index contributed by atoms with van der Waals surface area (Å²) in [6.45, 7) is 0.0934. The zero-order valence-corrected chi connectivity index (χ0v) is 13.6. The summed E-state index contributed by atoms with van der Waals surface area (Å²) < 4.78 is 15.9. The highest BCUT2D eigenvalue weighted by atomic mass is 35.5. The summed E-state index contributed by atoms with van der Waals surface area (Å²) in [5.74, 6) is 1.29. The Morgan fingerprint density at radius 3 is 2.84 bits per heavy atom. The lowest BCUT2D eigenvalue weighted by atomic mass is 10.2. The molecule has 2 heterocycles. The van der Waals surface area contributed by atoms with Gasteiger partial charge in [0.1, 0.15) is 11.3 Å². The van der Waals surface area contributed by atoms with Crippen molar-refractivity contribution < 1.29 is 13.7 Å². The van der Waals surface area contributed by atoms with Crippen LogP contribution in [0.15, 0.2) is 68.3 Å². The Morgan fingerprint density at radius 2 is 1.96 bits per heavy atom. The van der Waals surface area contributed by atoms with Crippen LogP contribution in [-0.4, -0.2) is 10.1 Å². The predicted molar refractivity (Wildman–Crippen MR) is 91.6 cm³/mol. The molecular formula is C18H11ClN2O4. The van der Waals surface area contributed by atoms with Gasteiger partial charge in [-0.05, 0) is 30.3 Å². The Kier molecular flexibility index (Phi) is 3.95. The molecule has 7 heteroatoms. The number of nitrogens with zero attached hydrogens (tertiary/aromatic N) is 2. The Bertz CT molecular complexity index is 1100. The molecule has 0 saturated carbocycles. The molecule has 0 fully saturated rings. The second-order valence-electron chi connectivity index (χ2n) is 5.26. The van der Waals surface area contributed by atoms with E-state index in [2.05, 4.69) is 10.1 Å². The number of hydrogen-bond donors (Lipinski definition) is 0. The second kappa shape index (κ2) is 6.41. The van der Waals surface area contributed by atoms with E-state index in [-0.39, 0.29) is 6.61 Å². The molecule has 0 aliphatic rings. The molecule has 0 unspecified atom stereocenters. The minimum absolute atomic E-state index is 0.0934. The van der Waals surface area contributed by atoms with E-state index in [0.29, 0.717) is 28.1 Å². The summed E-state index contributed by atoms with van der Waals surface area (Å²) >= 11 is 5.96. The molecule has 2 aromatic carbocycles. The van der Waals surface area contributed by atoms with Gasteiger partial charge < -0.3 is 13.7 Å². The molecule has 4 rings (SSSR count). The van der Waals surface area contributed by atoms with Gasteiger partial charge in [-0.3, -0.25) is 0 Å². The van der Waals surface area contributed by atoms with Crippen LogP contribution in [0.3, 0.4) is 0 Å². The summed E-state index contributed by atoms with van der Waals surface area (Å²) in [4.78, 5) is 15.6. The Labute approximate surface area is 146 Å². The number of fused-ring (bicyclic) bond motifs is 1. The minimum Gasteiger partial charge on any atom is -0.484 e. The maximum absolute atomic E-state index is 11.3. The molecule has 0 aliphatic heterocycles. The van der Waals surface area contributed by atoms with Crippen LogP contribution in [0.2, 0.25) is 5.02 Å². The van der Waals surface area contributed by atoms with Crippen LogP contribution in [0.5, 0.6) is 5.75 Å². The van der Waals surface area contributed by atoms with Gasteiger partial charge in [0, 0.05) is 28.1 Å². The third-order valence-electron chi connectivity index (χ3n) is 3.51. The SMILES string of the molecule is O=c1ccc2ccc(OCc3nc(-c4cccc(Cl)c4)no3)cc2o1. The van der Waals surface area contributed by atoms with Crippen molar-refractivity contribution in [2.45, 2.75) is 6.61 Å². The van der Waals surface area contributed by atoms with Crippen molar-refractivity contribution >= 4 is 22.6 Å². The first-order valence-electron chi connectivity index (χ1n) is 7.43. The molecule has 0 amide bonds. The zero-order valence-electron chi connectivity index (χ0n) is 12.8. The molecule has 25 heavy (non-hydrogen) atoms. The summed E-state index contributed by atoms with van der Waals surface area (Å²) in [6, 6.07) is 15.5. The maximum Gasteiger partial charge on any atom is 0.336 e. The molecule has 6 nitrogen and oxygen atoms in total. The monoisotopic (exact) mass is 354 g/mol. The largest absolute Gasteiger partial charge is 0.484 e. The lowest BCUT2D eigenvalue weighted by molar-refractivity contribution is 0.243. The Balaban J connectivity index is 1.51. The fourth-order valence-corrected chi connectivity index (χ4v) is 2.52. The van der Waals surface area contributed by atoms with Gasteiger partial charge in [0.2, 0.25) is 5.82 Å². The van der Waals surface area contributed by atoms with Gasteiger partial charge in [-0.1, -0.05) is 28.9 Å². The maximum atomic E-state index is 11.3. The summed E-state index contributed by atoms with van der Waals surface area (Å²) in [7, 11) is 0. The highest BCUT2D eigenvalue weighted by molar-refractivity contribution is 6.30. The molecule has 0 bridgehead atoms. The molecule has 4 aromatic rings. The van der Waals surface area contributed by atoms with Crippen molar-refractivity contribution in [3.8, 4) is 17.1 Å². The fraction of sp³-hybridized carbons (Fsp3) is 0.0556. The number of rotatable bonds is 4. The molecule has 0 saturated heterocycles. The van der Waals surface area contributed by atoms with Crippen LogP contribution in [0.4, 0.5) is 0 Å². The molecule has 0 spiro atoms. The Hall–Kier alpha value is -3.12. The van der Waals surface area contributed by atoms with E-state index >= 15 is 0 Å². The van der Waals surface area contributed by atoms with E-state index in [9.17, 15) is 4.79 Å². The number of ether oxygens (including phenoxy) is 1. The van der Waals surface area contributed by atoms with Gasteiger partial charge in [0.25, 0.3) is 5.89 Å². The van der Waals surface area contributed by atoms with Crippen molar-refractivity contribution in [2.75, 3.05) is 0 Å². The van der Waals surface area contributed by atoms with Crippen molar-refractivity contribution in [1.82, 2.24) is 10.1 Å². The van der Waals surface area contributed by atoms with Gasteiger partial charge >= 0.3 is 5.63 Å². The van der Waals surface area contributed by atoms with Gasteiger partial charge in [0.05, 0.1) is 0 Å². The first kappa shape index (κ1) is 15.4. The van der Waals surface area contributed by atoms with E-state index in [1.165, 1.54) is 6.07 Å². The smallest absolute Gasteiger partial charge is 0.336 e. The molecule has 2 aromatic heterocycles. The lowest BCUT2D eigenvalue weighted by Gasteiger charge is -2.03. The minimum atomic E-state index is -0.410. The highest BCUT2D eigenvalue weighted by Crippen LogP contribution is 2.22. The number of benzene rings is 2. The van der Waals surface area contributed by atoms with E-state index in [0.717, 1.165) is 10.9 Å². The molecule has 0 aliphatic carbocycles. The Morgan fingerprint density at radius 1 is 1.08 bits per heavy atom. The molecule has 0 atom stereocenters. The standard InChI is InChI=1S/C18H11ClN2O4/c19-13-3-1-2-12(8-13)18-20-16(25-21-18)10-23-14-6-4-11-5-7-17(22)24-15(11)9-14/h1-9H,10H2. The van der Waals surface area contributed by atoms with Crippen molar-refractivity contribution in [2.24, 2.45) is 0 Å². The molecule has 0 N–H and O–H groups in total. The van der Waals surface area contributed by atoms with Gasteiger partial charge in [-0.2, -0.15) is 4.98 Å². The van der Waals surface area contributed by atoms with Gasteiger partial charge in [-0.25, -0.2) is 4.79 Å². The third kappa shape index (κ3) is 3.39. The predicted octanol–water partition coefficient (Wildman–Crippen LogP) is 4.08. The van der Waals surface area contributed by atoms with Crippen molar-refractivity contribution in [1.29, 1.82) is 0 Å². The topological polar surface area (TPSA) is 78.4 Å². The van der Waals surface area contributed by atoms with E-state index in [1.807, 2.05) is 12.1 Å².